The van der Waals surface area contributed by atoms with Crippen molar-refractivity contribution in [1.29, 1.82) is 0 Å². The number of rotatable bonds is 10. The van der Waals surface area contributed by atoms with E-state index < -0.39 is 0 Å². The van der Waals surface area contributed by atoms with E-state index in [0.29, 0.717) is 5.92 Å². The van der Waals surface area contributed by atoms with Crippen molar-refractivity contribution in [1.82, 2.24) is 15.2 Å². The van der Waals surface area contributed by atoms with E-state index in [1.165, 1.54) is 5.56 Å². The van der Waals surface area contributed by atoms with Crippen molar-refractivity contribution in [3.63, 3.8) is 0 Å². The quantitative estimate of drug-likeness (QED) is 0.664. The van der Waals surface area contributed by atoms with Crippen LogP contribution in [0.2, 0.25) is 0 Å². The van der Waals surface area contributed by atoms with Gasteiger partial charge in [0.2, 0.25) is 0 Å². The number of aromatic nitrogens is 1. The Morgan fingerprint density at radius 1 is 1.25 bits per heavy atom. The zero-order valence-corrected chi connectivity index (χ0v) is 12.8. The fourth-order valence-electron chi connectivity index (χ4n) is 1.96. The van der Waals surface area contributed by atoms with Gasteiger partial charge in [-0.05, 0) is 24.1 Å². The third-order valence-electron chi connectivity index (χ3n) is 2.93. The van der Waals surface area contributed by atoms with Crippen molar-refractivity contribution in [2.24, 2.45) is 5.92 Å². The Balaban J connectivity index is 2.48. The minimum atomic E-state index is 0.675. The third kappa shape index (κ3) is 6.64. The summed E-state index contributed by atoms with van der Waals surface area (Å²) in [5, 5.41) is 3.43. The average Bonchev–Trinajstić information content (AvgIpc) is 2.41. The van der Waals surface area contributed by atoms with Crippen LogP contribution in [0, 0.1) is 5.92 Å². The molecule has 0 saturated carbocycles. The lowest BCUT2D eigenvalue weighted by Crippen LogP contribution is -2.24. The molecule has 0 fully saturated rings. The maximum atomic E-state index is 4.53. The smallest absolute Gasteiger partial charge is 0.0544 e. The third-order valence-corrected chi connectivity index (χ3v) is 2.93. The molecule has 0 atom stereocenters. The second-order valence-electron chi connectivity index (χ2n) is 5.45. The van der Waals surface area contributed by atoms with Crippen molar-refractivity contribution < 1.29 is 0 Å². The van der Waals surface area contributed by atoms with Crippen LogP contribution in [-0.4, -0.2) is 29.5 Å². The van der Waals surface area contributed by atoms with E-state index in [0.717, 1.165) is 38.4 Å². The molecule has 1 N–H and O–H groups in total. The molecule has 0 spiro atoms. The molecule has 3 nitrogen and oxygen atoms in total. The molecule has 0 aliphatic heterocycles. The lowest BCUT2D eigenvalue weighted by Gasteiger charge is -2.18. The van der Waals surface area contributed by atoms with E-state index >= 15 is 0 Å². The summed E-state index contributed by atoms with van der Waals surface area (Å²) >= 11 is 0. The fourth-order valence-corrected chi connectivity index (χ4v) is 1.96. The van der Waals surface area contributed by atoms with Gasteiger partial charge in [-0.3, -0.25) is 9.88 Å². The number of nitrogens with one attached hydrogen (secondary N) is 1. The lowest BCUT2D eigenvalue weighted by molar-refractivity contribution is 0.323. The first-order chi connectivity index (χ1) is 9.65. The molecule has 0 bridgehead atoms. The molecule has 1 heterocycles. The summed E-state index contributed by atoms with van der Waals surface area (Å²) in [6.07, 6.45) is 5.78. The molecule has 1 aromatic rings. The SMILES string of the molecule is C=CCN(CC=C)Cc1ccc(CNCC(C)C)cn1. The van der Waals surface area contributed by atoms with Crippen LogP contribution in [0.3, 0.4) is 0 Å². The monoisotopic (exact) mass is 273 g/mol. The Morgan fingerprint density at radius 3 is 2.45 bits per heavy atom. The molecule has 0 saturated heterocycles. The van der Waals surface area contributed by atoms with Crippen molar-refractivity contribution in [2.45, 2.75) is 26.9 Å². The van der Waals surface area contributed by atoms with Gasteiger partial charge in [-0.25, -0.2) is 0 Å². The summed E-state index contributed by atoms with van der Waals surface area (Å²) in [4.78, 5) is 6.78. The summed E-state index contributed by atoms with van der Waals surface area (Å²) in [5.74, 6) is 0.675. The first kappa shape index (κ1) is 16.6. The second kappa shape index (κ2) is 9.45. The van der Waals surface area contributed by atoms with Crippen molar-refractivity contribution in [3.8, 4) is 0 Å². The van der Waals surface area contributed by atoms with E-state index in [1.54, 1.807) is 0 Å². The van der Waals surface area contributed by atoms with Gasteiger partial charge in [-0.1, -0.05) is 32.1 Å². The highest BCUT2D eigenvalue weighted by Crippen LogP contribution is 2.04. The summed E-state index contributed by atoms with van der Waals surface area (Å²) in [6.45, 7) is 16.4. The molecule has 0 unspecified atom stereocenters. The van der Waals surface area contributed by atoms with Crippen LogP contribution >= 0.6 is 0 Å². The summed E-state index contributed by atoms with van der Waals surface area (Å²) < 4.78 is 0. The molecule has 20 heavy (non-hydrogen) atoms. The molecule has 0 radical (unpaired) electrons. The molecule has 0 aliphatic rings. The molecular weight excluding hydrogens is 246 g/mol. The summed E-state index contributed by atoms with van der Waals surface area (Å²) in [6, 6.07) is 4.25. The van der Waals surface area contributed by atoms with Gasteiger partial charge in [-0.2, -0.15) is 0 Å². The fraction of sp³-hybridized carbons (Fsp3) is 0.471. The number of hydrogen-bond acceptors (Lipinski definition) is 3. The molecular formula is C17H27N3. The van der Waals surface area contributed by atoms with Crippen LogP contribution in [0.25, 0.3) is 0 Å². The van der Waals surface area contributed by atoms with Crippen LogP contribution in [0.4, 0.5) is 0 Å². The normalized spacial score (nSPS) is 11.0. The van der Waals surface area contributed by atoms with Gasteiger partial charge in [0.1, 0.15) is 0 Å². The standard InChI is InChI=1S/C17H27N3/c1-5-9-20(10-6-2)14-17-8-7-16(13-19-17)12-18-11-15(3)4/h5-8,13,15,18H,1-2,9-12,14H2,3-4H3. The van der Waals surface area contributed by atoms with E-state index in [9.17, 15) is 0 Å². The zero-order valence-electron chi connectivity index (χ0n) is 12.8. The Hall–Kier alpha value is -1.45. The maximum absolute atomic E-state index is 4.53. The lowest BCUT2D eigenvalue weighted by atomic mass is 10.2. The van der Waals surface area contributed by atoms with E-state index in [4.69, 9.17) is 0 Å². The minimum absolute atomic E-state index is 0.675. The molecule has 0 aliphatic carbocycles. The molecule has 3 heteroatoms. The molecule has 0 amide bonds. The number of hydrogen-bond donors (Lipinski definition) is 1. The van der Waals surface area contributed by atoms with Gasteiger partial charge in [0, 0.05) is 32.4 Å². The van der Waals surface area contributed by atoms with Gasteiger partial charge in [0.15, 0.2) is 0 Å². The van der Waals surface area contributed by atoms with Crippen molar-refractivity contribution >= 4 is 0 Å². The van der Waals surface area contributed by atoms with Crippen LogP contribution in [0.5, 0.6) is 0 Å². The predicted octanol–water partition coefficient (Wildman–Crippen LogP) is 3.00. The van der Waals surface area contributed by atoms with E-state index in [2.05, 4.69) is 54.3 Å². The Labute approximate surface area is 123 Å². The first-order valence-corrected chi connectivity index (χ1v) is 7.24. The van der Waals surface area contributed by atoms with Gasteiger partial charge < -0.3 is 5.32 Å². The highest BCUT2D eigenvalue weighted by atomic mass is 15.1. The Bertz CT molecular complexity index is 385. The number of nitrogens with zero attached hydrogens (tertiary/aromatic N) is 2. The number of pyridine rings is 1. The second-order valence-corrected chi connectivity index (χ2v) is 5.45. The minimum Gasteiger partial charge on any atom is -0.312 e. The predicted molar refractivity (Wildman–Crippen MR) is 86.5 cm³/mol. The van der Waals surface area contributed by atoms with Gasteiger partial charge in [-0.15, -0.1) is 13.2 Å². The topological polar surface area (TPSA) is 28.2 Å². The highest BCUT2D eigenvalue weighted by Gasteiger charge is 2.03. The van der Waals surface area contributed by atoms with Crippen LogP contribution < -0.4 is 5.32 Å². The zero-order chi connectivity index (χ0) is 14.8. The summed E-state index contributed by atoms with van der Waals surface area (Å²) in [7, 11) is 0. The average molecular weight is 273 g/mol. The Morgan fingerprint density at radius 2 is 1.95 bits per heavy atom. The van der Waals surface area contributed by atoms with E-state index in [-0.39, 0.29) is 0 Å². The Kier molecular flexibility index (Phi) is 7.85. The van der Waals surface area contributed by atoms with Gasteiger partial charge in [0.25, 0.3) is 0 Å². The molecule has 0 aromatic carbocycles. The van der Waals surface area contributed by atoms with Gasteiger partial charge in [0.05, 0.1) is 5.69 Å². The molecule has 1 rings (SSSR count). The largest absolute Gasteiger partial charge is 0.312 e. The molecule has 1 aromatic heterocycles. The first-order valence-electron chi connectivity index (χ1n) is 7.24. The summed E-state index contributed by atoms with van der Waals surface area (Å²) in [5.41, 5.74) is 2.31. The van der Waals surface area contributed by atoms with Crippen molar-refractivity contribution in [3.05, 3.63) is 54.9 Å². The van der Waals surface area contributed by atoms with E-state index in [1.807, 2.05) is 18.3 Å². The highest BCUT2D eigenvalue weighted by molar-refractivity contribution is 5.14. The maximum Gasteiger partial charge on any atom is 0.0544 e. The van der Waals surface area contributed by atoms with Gasteiger partial charge >= 0.3 is 0 Å². The van der Waals surface area contributed by atoms with Crippen LogP contribution in [-0.2, 0) is 13.1 Å². The van der Waals surface area contributed by atoms with Crippen molar-refractivity contribution in [2.75, 3.05) is 19.6 Å². The van der Waals surface area contributed by atoms with Crippen LogP contribution in [0.1, 0.15) is 25.1 Å². The van der Waals surface area contributed by atoms with Crippen LogP contribution in [0.15, 0.2) is 43.6 Å². The molecule has 110 valence electrons.